The van der Waals surface area contributed by atoms with Gasteiger partial charge in [0.25, 0.3) is 11.8 Å². The molecule has 0 saturated carbocycles. The minimum absolute atomic E-state index is 0.0152. The molecule has 0 aliphatic carbocycles. The topological polar surface area (TPSA) is 235 Å². The van der Waals surface area contributed by atoms with Gasteiger partial charge >= 0.3 is 6.18 Å². The highest BCUT2D eigenvalue weighted by Crippen LogP contribution is 2.43. The predicted molar refractivity (Wildman–Crippen MR) is 308 cm³/mol. The maximum Gasteiger partial charge on any atom is 0.405 e. The van der Waals surface area contributed by atoms with E-state index in [-0.39, 0.29) is 69.3 Å². The van der Waals surface area contributed by atoms with Gasteiger partial charge in [-0.1, -0.05) is 38.1 Å². The zero-order valence-corrected chi connectivity index (χ0v) is 47.8. The number of carbonyl (C=O) groups is 3. The Morgan fingerprint density at radius 1 is 0.819 bits per heavy atom. The van der Waals surface area contributed by atoms with Crippen molar-refractivity contribution in [3.8, 4) is 34.3 Å². The lowest BCUT2D eigenvalue weighted by Gasteiger charge is -2.40. The monoisotopic (exact) mass is 1160 g/mol. The van der Waals surface area contributed by atoms with Crippen LogP contribution in [0.4, 0.5) is 47.7 Å². The van der Waals surface area contributed by atoms with Gasteiger partial charge in [-0.2, -0.15) is 18.2 Å². The molecule has 83 heavy (non-hydrogen) atoms. The number of alkyl halides is 3. The number of aromatic nitrogens is 5. The number of piperidine rings is 2. The number of likely N-dealkylation sites (tertiary alicyclic amines) is 1. The first-order valence-corrected chi connectivity index (χ1v) is 29.7. The highest BCUT2D eigenvalue weighted by Gasteiger charge is 2.37. The molecular weight excluding hydrogens is 1100 g/mol. The molecule has 0 atom stereocenters. The van der Waals surface area contributed by atoms with Gasteiger partial charge in [0.15, 0.2) is 11.6 Å². The molecule has 0 unspecified atom stereocenters. The Morgan fingerprint density at radius 3 is 2.18 bits per heavy atom. The summed E-state index contributed by atoms with van der Waals surface area (Å²) in [5.41, 5.74) is 4.16. The molecule has 25 heteroatoms. The van der Waals surface area contributed by atoms with Crippen molar-refractivity contribution in [1.82, 2.24) is 44.7 Å². The Bertz CT molecular complexity index is 3490. The van der Waals surface area contributed by atoms with Crippen molar-refractivity contribution < 1.29 is 50.9 Å². The number of hydrogen-bond acceptors (Lipinski definition) is 16. The minimum atomic E-state index is -4.65. The highest BCUT2D eigenvalue weighted by molar-refractivity contribution is 7.92. The molecule has 4 aromatic carbocycles. The third kappa shape index (κ3) is 12.8. The normalized spacial score (nSPS) is 16.9. The summed E-state index contributed by atoms with van der Waals surface area (Å²) >= 11 is 0. The number of piperazine rings is 1. The predicted octanol–water partition coefficient (Wildman–Crippen LogP) is 7.65. The van der Waals surface area contributed by atoms with Gasteiger partial charge in [-0.05, 0) is 98.0 Å². The van der Waals surface area contributed by atoms with Crippen LogP contribution in [0.2, 0.25) is 0 Å². The largest absolute Gasteiger partial charge is 0.508 e. The maximum atomic E-state index is 13.9. The number of ether oxygens (including phenoxy) is 1. The van der Waals surface area contributed by atoms with Crippen LogP contribution in [0.3, 0.4) is 0 Å². The van der Waals surface area contributed by atoms with Crippen LogP contribution >= 0.6 is 0 Å². The molecular formula is C58H68F3N13O8S. The van der Waals surface area contributed by atoms with Gasteiger partial charge < -0.3 is 45.2 Å². The maximum absolute atomic E-state index is 13.9. The number of rotatable bonds is 16. The molecule has 4 aliphatic heterocycles. The molecule has 0 radical (unpaired) electrons. The van der Waals surface area contributed by atoms with Gasteiger partial charge in [0.1, 0.15) is 29.5 Å². The molecule has 0 bridgehead atoms. The van der Waals surface area contributed by atoms with E-state index in [1.165, 1.54) is 27.8 Å². The SMILES string of the molecule is CCOc1cc(N2CCC(C(=O)N3CCC(CN4CCN(Cc5ccc(-n6c(C(=O)NCC(F)(F)F)nnc6-c6cc(C(C)C)c(O)cc6O)cc5)CC4)CC3)CC2)ccc1Nc1ncc2c(n1)N(S(C)(=O)=O)c1ccccc1C(=O)N2C. The number of carbonyl (C=O) groups excluding carboxylic acids is 3. The zero-order valence-electron chi connectivity index (χ0n) is 46.9. The summed E-state index contributed by atoms with van der Waals surface area (Å²) in [4.78, 5) is 60.1. The van der Waals surface area contributed by atoms with Crippen molar-refractivity contribution in [3.63, 3.8) is 0 Å². The summed E-state index contributed by atoms with van der Waals surface area (Å²) in [7, 11) is -2.39. The van der Waals surface area contributed by atoms with Crippen molar-refractivity contribution >= 4 is 62.3 Å². The summed E-state index contributed by atoms with van der Waals surface area (Å²) in [5, 5.41) is 34.5. The summed E-state index contributed by atoms with van der Waals surface area (Å²) in [6, 6.07) is 22.2. The molecule has 21 nitrogen and oxygen atoms in total. The van der Waals surface area contributed by atoms with Crippen molar-refractivity contribution in [3.05, 3.63) is 108 Å². The molecule has 0 spiro atoms. The Kier molecular flexibility index (Phi) is 16.9. The van der Waals surface area contributed by atoms with E-state index in [9.17, 15) is 46.2 Å². The van der Waals surface area contributed by atoms with Crippen molar-refractivity contribution in [2.45, 2.75) is 65.1 Å². The Balaban J connectivity index is 0.697. The zero-order chi connectivity index (χ0) is 58.9. The molecule has 2 aromatic heterocycles. The number of hydrogen-bond donors (Lipinski definition) is 4. The number of fused-ring (bicyclic) bond motifs is 2. The van der Waals surface area contributed by atoms with Crippen LogP contribution in [0, 0.1) is 11.8 Å². The van der Waals surface area contributed by atoms with Crippen molar-refractivity contribution in [2.75, 3.05) is 105 Å². The van der Waals surface area contributed by atoms with E-state index < -0.39 is 40.4 Å². The van der Waals surface area contributed by atoms with E-state index in [1.54, 1.807) is 43.4 Å². The summed E-state index contributed by atoms with van der Waals surface area (Å²) in [6.07, 6.45) is 1.17. The van der Waals surface area contributed by atoms with Crippen LogP contribution in [0.15, 0.2) is 85.1 Å². The number of halogens is 3. The number of phenols is 2. The van der Waals surface area contributed by atoms with Gasteiger partial charge in [0.05, 0.1) is 41.6 Å². The average molecular weight is 1160 g/mol. The lowest BCUT2D eigenvalue weighted by Crippen LogP contribution is -2.49. The number of anilines is 6. The third-order valence-corrected chi connectivity index (χ3v) is 16.9. The number of amides is 3. The second-order valence-electron chi connectivity index (χ2n) is 21.9. The first-order chi connectivity index (χ1) is 39.6. The van der Waals surface area contributed by atoms with Crippen molar-refractivity contribution in [1.29, 1.82) is 0 Å². The lowest BCUT2D eigenvalue weighted by atomic mass is 9.91. The molecule has 6 heterocycles. The van der Waals surface area contributed by atoms with Crippen LogP contribution in [0.5, 0.6) is 17.2 Å². The Hall–Kier alpha value is -8.03. The molecule has 6 aromatic rings. The molecule has 3 saturated heterocycles. The Labute approximate surface area is 479 Å². The van der Waals surface area contributed by atoms with Crippen molar-refractivity contribution in [2.24, 2.45) is 11.8 Å². The lowest BCUT2D eigenvalue weighted by molar-refractivity contribution is -0.137. The van der Waals surface area contributed by atoms with E-state index in [1.807, 2.05) is 56.4 Å². The first-order valence-electron chi connectivity index (χ1n) is 27.9. The van der Waals surface area contributed by atoms with Crippen LogP contribution in [-0.2, 0) is 21.4 Å². The van der Waals surface area contributed by atoms with Gasteiger partial charge in [-0.25, -0.2) is 17.7 Å². The van der Waals surface area contributed by atoms with Gasteiger partial charge in [0.2, 0.25) is 27.7 Å². The van der Waals surface area contributed by atoms with Crippen LogP contribution in [0.1, 0.15) is 84.5 Å². The molecule has 3 amide bonds. The van der Waals surface area contributed by atoms with Crippen LogP contribution < -0.4 is 29.5 Å². The number of para-hydroxylation sites is 1. The number of nitrogens with zero attached hydrogens (tertiary/aromatic N) is 11. The van der Waals surface area contributed by atoms with E-state index >= 15 is 0 Å². The average Bonchev–Trinajstić information content (AvgIpc) is 3.72. The number of benzene rings is 4. The number of phenolic OH excluding ortho intramolecular Hbond substituents is 2. The fourth-order valence-electron chi connectivity index (χ4n) is 11.4. The fraction of sp³-hybridized carbons (Fsp3) is 0.431. The highest BCUT2D eigenvalue weighted by atomic mass is 32.2. The summed E-state index contributed by atoms with van der Waals surface area (Å²) < 4.78 is 74.4. The molecule has 10 rings (SSSR count). The van der Waals surface area contributed by atoms with E-state index in [0.29, 0.717) is 54.8 Å². The van der Waals surface area contributed by atoms with E-state index in [4.69, 9.17) is 4.74 Å². The minimum Gasteiger partial charge on any atom is -0.508 e. The summed E-state index contributed by atoms with van der Waals surface area (Å²) in [5.74, 6) is -1.18. The second-order valence-corrected chi connectivity index (χ2v) is 23.7. The smallest absolute Gasteiger partial charge is 0.405 e. The van der Waals surface area contributed by atoms with E-state index in [2.05, 4.69) is 45.1 Å². The first kappa shape index (κ1) is 58.2. The number of sulfonamides is 1. The molecule has 440 valence electrons. The van der Waals surface area contributed by atoms with Gasteiger partial charge in [0, 0.05) is 102 Å². The number of aromatic hydroxyl groups is 2. The third-order valence-electron chi connectivity index (χ3n) is 15.8. The van der Waals surface area contributed by atoms with Gasteiger partial charge in [-0.15, -0.1) is 10.2 Å². The van der Waals surface area contributed by atoms with Crippen LogP contribution in [-0.4, -0.2) is 167 Å². The standard InChI is InChI=1S/C58H68F3N13O8S/c1-6-82-50-29-41(15-16-45(50)64-57-62-32-47-52(65-57)74(83(5,80)81)46-10-8-7-9-42(46)56(79)68(47)4)71-23-19-39(20-24-71)55(78)72-21-17-38(18-22-72)34-70-27-25-69(26-28-70)33-37-11-13-40(14-12-37)73-51(44-30-43(36(2)3)48(75)31-49(44)76)66-67-53(73)54(77)63-35-58(59,60)61/h7-16,29-32,36,38-39,75-76H,6,17-28,33-35H2,1-5H3,(H,63,77)(H,62,64,65). The fourth-order valence-corrected chi connectivity index (χ4v) is 12.4. The number of nitrogens with one attached hydrogen (secondary N) is 2. The van der Waals surface area contributed by atoms with E-state index in [0.717, 1.165) is 93.3 Å². The second kappa shape index (κ2) is 24.1. The molecule has 4 aliphatic rings. The quantitative estimate of drug-likeness (QED) is 0.0728. The van der Waals surface area contributed by atoms with Gasteiger partial charge in [-0.3, -0.25) is 23.9 Å². The Morgan fingerprint density at radius 2 is 1.51 bits per heavy atom. The summed E-state index contributed by atoms with van der Waals surface area (Å²) in [6.45, 7) is 12.4. The molecule has 3 fully saturated rings. The molecule has 4 N–H and O–H groups in total. The van der Waals surface area contributed by atoms with Crippen LogP contribution in [0.25, 0.3) is 17.1 Å².